The van der Waals surface area contributed by atoms with Crippen LogP contribution in [0.3, 0.4) is 0 Å². The molecule has 1 aliphatic heterocycles. The summed E-state index contributed by atoms with van der Waals surface area (Å²) in [5.74, 6) is 0.292. The quantitative estimate of drug-likeness (QED) is 0.718. The molecule has 1 heterocycles. The first-order valence-corrected chi connectivity index (χ1v) is 6.27. The van der Waals surface area contributed by atoms with Gasteiger partial charge in [0.15, 0.2) is 0 Å². The Morgan fingerprint density at radius 2 is 2.12 bits per heavy atom. The van der Waals surface area contributed by atoms with Gasteiger partial charge >= 0.3 is 0 Å². The molecule has 1 saturated heterocycles. The summed E-state index contributed by atoms with van der Waals surface area (Å²) in [4.78, 5) is 14.3. The maximum absolute atomic E-state index is 12.4. The lowest BCUT2D eigenvalue weighted by Crippen LogP contribution is -2.53. The second-order valence-electron chi connectivity index (χ2n) is 5.18. The number of nitrogens with zero attached hydrogens (tertiary/aromatic N) is 1. The molecule has 92 valence electrons. The molecule has 16 heavy (non-hydrogen) atoms. The highest BCUT2D eigenvalue weighted by Gasteiger charge is 2.36. The monoisotopic (exact) mass is 226 g/mol. The van der Waals surface area contributed by atoms with Crippen molar-refractivity contribution in [2.45, 2.75) is 51.3 Å². The van der Waals surface area contributed by atoms with Crippen molar-refractivity contribution >= 4 is 5.91 Å². The SMILES string of the molecule is CC1CN(C(=O)C2CCCC2N)C(C)CO1. The van der Waals surface area contributed by atoms with Crippen LogP contribution in [0.5, 0.6) is 0 Å². The van der Waals surface area contributed by atoms with Crippen molar-refractivity contribution in [2.75, 3.05) is 13.2 Å². The summed E-state index contributed by atoms with van der Waals surface area (Å²) in [6, 6.07) is 0.259. The molecule has 2 fully saturated rings. The van der Waals surface area contributed by atoms with E-state index in [1.54, 1.807) is 0 Å². The summed E-state index contributed by atoms with van der Waals surface area (Å²) in [5.41, 5.74) is 5.99. The van der Waals surface area contributed by atoms with Gasteiger partial charge in [-0.15, -0.1) is 0 Å². The Balaban J connectivity index is 2.02. The summed E-state index contributed by atoms with van der Waals surface area (Å²) in [7, 11) is 0. The van der Waals surface area contributed by atoms with Gasteiger partial charge in [0.05, 0.1) is 24.7 Å². The van der Waals surface area contributed by atoms with Crippen LogP contribution in [0.1, 0.15) is 33.1 Å². The molecule has 1 aliphatic carbocycles. The van der Waals surface area contributed by atoms with Crippen LogP contribution >= 0.6 is 0 Å². The number of hydrogen-bond donors (Lipinski definition) is 1. The average Bonchev–Trinajstić information content (AvgIpc) is 2.67. The first-order chi connectivity index (χ1) is 7.59. The van der Waals surface area contributed by atoms with Gasteiger partial charge in [-0.3, -0.25) is 4.79 Å². The standard InChI is InChI=1S/C12H22N2O2/c1-8-7-16-9(2)6-14(8)12(15)10-4-3-5-11(10)13/h8-11H,3-7,13H2,1-2H3. The van der Waals surface area contributed by atoms with E-state index in [0.717, 1.165) is 19.3 Å². The zero-order valence-electron chi connectivity index (χ0n) is 10.2. The number of morpholine rings is 1. The van der Waals surface area contributed by atoms with Crippen LogP contribution in [0, 0.1) is 5.92 Å². The first kappa shape index (κ1) is 11.9. The largest absolute Gasteiger partial charge is 0.375 e. The average molecular weight is 226 g/mol. The highest BCUT2D eigenvalue weighted by molar-refractivity contribution is 5.80. The third kappa shape index (κ3) is 2.23. The van der Waals surface area contributed by atoms with Gasteiger partial charge in [0, 0.05) is 12.6 Å². The number of hydrogen-bond acceptors (Lipinski definition) is 3. The van der Waals surface area contributed by atoms with Crippen molar-refractivity contribution in [1.29, 1.82) is 0 Å². The fourth-order valence-electron chi connectivity index (χ4n) is 2.72. The summed E-state index contributed by atoms with van der Waals surface area (Å²) < 4.78 is 5.53. The molecular formula is C12H22N2O2. The van der Waals surface area contributed by atoms with Crippen LogP contribution in [0.15, 0.2) is 0 Å². The smallest absolute Gasteiger partial charge is 0.227 e. The third-order valence-corrected chi connectivity index (χ3v) is 3.78. The van der Waals surface area contributed by atoms with Crippen LogP contribution in [0.25, 0.3) is 0 Å². The van der Waals surface area contributed by atoms with E-state index in [2.05, 4.69) is 0 Å². The predicted molar refractivity (Wildman–Crippen MR) is 61.9 cm³/mol. The molecule has 0 spiro atoms. The number of carbonyl (C=O) groups is 1. The molecule has 0 aromatic heterocycles. The van der Waals surface area contributed by atoms with E-state index in [9.17, 15) is 4.79 Å². The fourth-order valence-corrected chi connectivity index (χ4v) is 2.72. The minimum absolute atomic E-state index is 0.0488. The van der Waals surface area contributed by atoms with Crippen LogP contribution < -0.4 is 5.73 Å². The molecule has 4 nitrogen and oxygen atoms in total. The number of rotatable bonds is 1. The second-order valence-corrected chi connectivity index (χ2v) is 5.18. The maximum atomic E-state index is 12.4. The zero-order valence-corrected chi connectivity index (χ0v) is 10.2. The normalized spacial score (nSPS) is 40.1. The fraction of sp³-hybridized carbons (Fsp3) is 0.917. The van der Waals surface area contributed by atoms with Gasteiger partial charge in [0.2, 0.25) is 5.91 Å². The Kier molecular flexibility index (Phi) is 3.50. The molecule has 0 radical (unpaired) electrons. The molecule has 2 aliphatic rings. The lowest BCUT2D eigenvalue weighted by molar-refractivity contribution is -0.147. The number of carbonyl (C=O) groups excluding carboxylic acids is 1. The van der Waals surface area contributed by atoms with Crippen LogP contribution in [-0.4, -0.2) is 42.1 Å². The molecule has 1 amide bonds. The van der Waals surface area contributed by atoms with Crippen LogP contribution in [0.2, 0.25) is 0 Å². The van der Waals surface area contributed by atoms with Gasteiger partial charge in [-0.1, -0.05) is 6.42 Å². The van der Waals surface area contributed by atoms with E-state index in [-0.39, 0.29) is 30.0 Å². The van der Waals surface area contributed by atoms with Crippen molar-refractivity contribution < 1.29 is 9.53 Å². The van der Waals surface area contributed by atoms with Gasteiger partial charge in [0.25, 0.3) is 0 Å². The molecule has 4 unspecified atom stereocenters. The minimum Gasteiger partial charge on any atom is -0.375 e. The Morgan fingerprint density at radius 1 is 1.38 bits per heavy atom. The summed E-state index contributed by atoms with van der Waals surface area (Å²) in [6.45, 7) is 5.42. The lowest BCUT2D eigenvalue weighted by Gasteiger charge is -2.38. The number of ether oxygens (including phenoxy) is 1. The zero-order chi connectivity index (χ0) is 11.7. The molecule has 0 aromatic rings. The maximum Gasteiger partial charge on any atom is 0.227 e. The van der Waals surface area contributed by atoms with E-state index < -0.39 is 0 Å². The van der Waals surface area contributed by atoms with E-state index in [1.807, 2.05) is 18.7 Å². The van der Waals surface area contributed by atoms with Crippen LogP contribution in [0.4, 0.5) is 0 Å². The van der Waals surface area contributed by atoms with Crippen molar-refractivity contribution in [3.63, 3.8) is 0 Å². The summed E-state index contributed by atoms with van der Waals surface area (Å²) >= 11 is 0. The van der Waals surface area contributed by atoms with E-state index in [1.165, 1.54) is 0 Å². The van der Waals surface area contributed by atoms with E-state index in [0.29, 0.717) is 13.2 Å². The van der Waals surface area contributed by atoms with Gasteiger partial charge in [0.1, 0.15) is 0 Å². The molecule has 2 N–H and O–H groups in total. The highest BCUT2D eigenvalue weighted by Crippen LogP contribution is 2.27. The number of nitrogens with two attached hydrogens (primary N) is 1. The van der Waals surface area contributed by atoms with E-state index >= 15 is 0 Å². The van der Waals surface area contributed by atoms with Crippen molar-refractivity contribution in [3.8, 4) is 0 Å². The molecule has 4 atom stereocenters. The van der Waals surface area contributed by atoms with Gasteiger partial charge < -0.3 is 15.4 Å². The topological polar surface area (TPSA) is 55.6 Å². The van der Waals surface area contributed by atoms with Gasteiger partial charge in [-0.2, -0.15) is 0 Å². The second kappa shape index (κ2) is 4.72. The Morgan fingerprint density at radius 3 is 2.75 bits per heavy atom. The lowest BCUT2D eigenvalue weighted by atomic mass is 10.0. The first-order valence-electron chi connectivity index (χ1n) is 6.27. The Bertz CT molecular complexity index is 270. The Hall–Kier alpha value is -0.610. The van der Waals surface area contributed by atoms with Crippen LogP contribution in [-0.2, 0) is 9.53 Å². The van der Waals surface area contributed by atoms with Crippen molar-refractivity contribution in [2.24, 2.45) is 11.7 Å². The minimum atomic E-state index is 0.0488. The summed E-state index contributed by atoms with van der Waals surface area (Å²) in [6.07, 6.45) is 3.19. The molecule has 0 bridgehead atoms. The number of amides is 1. The molecule has 2 rings (SSSR count). The van der Waals surface area contributed by atoms with Crippen molar-refractivity contribution in [3.05, 3.63) is 0 Å². The van der Waals surface area contributed by atoms with E-state index in [4.69, 9.17) is 10.5 Å². The molecule has 4 heteroatoms. The van der Waals surface area contributed by atoms with Crippen molar-refractivity contribution in [1.82, 2.24) is 4.90 Å². The summed E-state index contributed by atoms with van der Waals surface area (Å²) in [5, 5.41) is 0. The van der Waals surface area contributed by atoms with Gasteiger partial charge in [-0.05, 0) is 26.7 Å². The molecular weight excluding hydrogens is 204 g/mol. The molecule has 1 saturated carbocycles. The molecule has 0 aromatic carbocycles. The van der Waals surface area contributed by atoms with Gasteiger partial charge in [-0.25, -0.2) is 0 Å². The Labute approximate surface area is 97.1 Å². The predicted octanol–water partition coefficient (Wildman–Crippen LogP) is 0.750. The highest BCUT2D eigenvalue weighted by atomic mass is 16.5. The third-order valence-electron chi connectivity index (χ3n) is 3.78.